The van der Waals surface area contributed by atoms with Crippen LogP contribution in [0.5, 0.6) is 0 Å². The van der Waals surface area contributed by atoms with Crippen LogP contribution in [0.15, 0.2) is 24.3 Å². The van der Waals surface area contributed by atoms with Crippen LogP contribution in [0.3, 0.4) is 0 Å². The lowest BCUT2D eigenvalue weighted by atomic mass is 10.2. The molecule has 0 aliphatic carbocycles. The van der Waals surface area contributed by atoms with E-state index >= 15 is 0 Å². The van der Waals surface area contributed by atoms with Gasteiger partial charge in [-0.25, -0.2) is 9.18 Å². The zero-order valence-corrected chi connectivity index (χ0v) is 13.5. The standard InChI is InChI=1S/C16H20FN3O4/c1-2-24-16(23)20-8-6-19(7-9-20)14(21)11-18-15(22)12-4-3-5-13(17)10-12/h3-5,10H,2,6-9,11H2,1H3,(H,18,22). The SMILES string of the molecule is CCOC(=O)N1CCN(C(=O)CNC(=O)c2cccc(F)c2)CC1. The Labute approximate surface area is 139 Å². The summed E-state index contributed by atoms with van der Waals surface area (Å²) in [5, 5.41) is 2.48. The number of carbonyl (C=O) groups excluding carboxylic acids is 3. The molecule has 130 valence electrons. The molecule has 1 aliphatic rings. The van der Waals surface area contributed by atoms with Crippen molar-refractivity contribution in [3.05, 3.63) is 35.6 Å². The van der Waals surface area contributed by atoms with Crippen LogP contribution in [0, 0.1) is 5.82 Å². The monoisotopic (exact) mass is 337 g/mol. The van der Waals surface area contributed by atoms with E-state index < -0.39 is 11.7 Å². The number of halogens is 1. The third-order valence-corrected chi connectivity index (χ3v) is 3.65. The summed E-state index contributed by atoms with van der Waals surface area (Å²) in [4.78, 5) is 38.7. The Balaban J connectivity index is 1.77. The number of benzene rings is 1. The Kier molecular flexibility index (Phi) is 6.11. The van der Waals surface area contributed by atoms with E-state index in [1.165, 1.54) is 18.2 Å². The molecule has 1 aromatic rings. The molecule has 1 heterocycles. The van der Waals surface area contributed by atoms with Crippen molar-refractivity contribution in [2.45, 2.75) is 6.92 Å². The van der Waals surface area contributed by atoms with Crippen LogP contribution in [0.2, 0.25) is 0 Å². The van der Waals surface area contributed by atoms with Crippen molar-refractivity contribution < 1.29 is 23.5 Å². The molecule has 2 rings (SSSR count). The summed E-state index contributed by atoms with van der Waals surface area (Å²) < 4.78 is 18.0. The van der Waals surface area contributed by atoms with Gasteiger partial charge in [0.1, 0.15) is 5.82 Å². The summed E-state index contributed by atoms with van der Waals surface area (Å²) in [6.45, 7) is 3.42. The highest BCUT2D eigenvalue weighted by molar-refractivity contribution is 5.96. The second-order valence-electron chi connectivity index (χ2n) is 5.26. The first-order valence-corrected chi connectivity index (χ1v) is 7.74. The third-order valence-electron chi connectivity index (χ3n) is 3.65. The fourth-order valence-corrected chi connectivity index (χ4v) is 2.35. The molecule has 0 saturated carbocycles. The molecule has 0 unspecified atom stereocenters. The van der Waals surface area contributed by atoms with Gasteiger partial charge in [-0.05, 0) is 25.1 Å². The van der Waals surface area contributed by atoms with Crippen molar-refractivity contribution in [1.82, 2.24) is 15.1 Å². The van der Waals surface area contributed by atoms with Gasteiger partial charge in [0.05, 0.1) is 13.2 Å². The Morgan fingerprint density at radius 1 is 1.17 bits per heavy atom. The molecule has 1 fully saturated rings. The predicted octanol–water partition coefficient (Wildman–Crippen LogP) is 0.856. The maximum atomic E-state index is 13.1. The fourth-order valence-electron chi connectivity index (χ4n) is 2.35. The highest BCUT2D eigenvalue weighted by Gasteiger charge is 2.24. The lowest BCUT2D eigenvalue weighted by Crippen LogP contribution is -2.52. The Morgan fingerprint density at radius 2 is 1.83 bits per heavy atom. The van der Waals surface area contributed by atoms with Crippen LogP contribution in [0.25, 0.3) is 0 Å². The predicted molar refractivity (Wildman–Crippen MR) is 83.9 cm³/mol. The van der Waals surface area contributed by atoms with Gasteiger partial charge in [-0.15, -0.1) is 0 Å². The maximum absolute atomic E-state index is 13.1. The van der Waals surface area contributed by atoms with Crippen LogP contribution in [0.1, 0.15) is 17.3 Å². The fraction of sp³-hybridized carbons (Fsp3) is 0.438. The van der Waals surface area contributed by atoms with E-state index in [9.17, 15) is 18.8 Å². The van der Waals surface area contributed by atoms with Crippen LogP contribution < -0.4 is 5.32 Å². The number of rotatable bonds is 4. The molecular weight excluding hydrogens is 317 g/mol. The number of nitrogens with one attached hydrogen (secondary N) is 1. The van der Waals surface area contributed by atoms with Crippen molar-refractivity contribution in [2.24, 2.45) is 0 Å². The molecule has 0 atom stereocenters. The molecule has 7 nitrogen and oxygen atoms in total. The van der Waals surface area contributed by atoms with Gasteiger partial charge in [-0.1, -0.05) is 6.07 Å². The zero-order chi connectivity index (χ0) is 17.5. The van der Waals surface area contributed by atoms with E-state index in [2.05, 4.69) is 5.32 Å². The van der Waals surface area contributed by atoms with Gasteiger partial charge in [-0.3, -0.25) is 9.59 Å². The summed E-state index contributed by atoms with van der Waals surface area (Å²) in [6.07, 6.45) is -0.385. The van der Waals surface area contributed by atoms with Crippen molar-refractivity contribution in [2.75, 3.05) is 39.3 Å². The second kappa shape index (κ2) is 8.28. The summed E-state index contributed by atoms with van der Waals surface area (Å²) in [6, 6.07) is 5.25. The van der Waals surface area contributed by atoms with Crippen molar-refractivity contribution >= 4 is 17.9 Å². The Morgan fingerprint density at radius 3 is 2.46 bits per heavy atom. The summed E-state index contributed by atoms with van der Waals surface area (Å²) >= 11 is 0. The highest BCUT2D eigenvalue weighted by atomic mass is 19.1. The number of hydrogen-bond acceptors (Lipinski definition) is 4. The molecule has 1 aromatic carbocycles. The molecule has 0 radical (unpaired) electrons. The minimum atomic E-state index is -0.510. The molecule has 24 heavy (non-hydrogen) atoms. The largest absolute Gasteiger partial charge is 0.450 e. The minimum Gasteiger partial charge on any atom is -0.450 e. The summed E-state index contributed by atoms with van der Waals surface area (Å²) in [5.41, 5.74) is 0.162. The van der Waals surface area contributed by atoms with Crippen LogP contribution in [0.4, 0.5) is 9.18 Å². The zero-order valence-electron chi connectivity index (χ0n) is 13.5. The van der Waals surface area contributed by atoms with E-state index in [4.69, 9.17) is 4.74 Å². The van der Waals surface area contributed by atoms with Gasteiger partial charge in [0.15, 0.2) is 0 Å². The minimum absolute atomic E-state index is 0.162. The number of nitrogens with zero attached hydrogens (tertiary/aromatic N) is 2. The lowest BCUT2D eigenvalue weighted by molar-refractivity contribution is -0.131. The van der Waals surface area contributed by atoms with Crippen LogP contribution >= 0.6 is 0 Å². The van der Waals surface area contributed by atoms with E-state index in [-0.39, 0.29) is 24.1 Å². The molecule has 1 aliphatic heterocycles. The van der Waals surface area contributed by atoms with Gasteiger partial charge >= 0.3 is 6.09 Å². The van der Waals surface area contributed by atoms with E-state index in [1.807, 2.05) is 0 Å². The Hall–Kier alpha value is -2.64. The number of piperazine rings is 1. The normalized spacial score (nSPS) is 14.2. The number of hydrogen-bond donors (Lipinski definition) is 1. The average Bonchev–Trinajstić information content (AvgIpc) is 2.59. The smallest absolute Gasteiger partial charge is 0.409 e. The molecule has 3 amide bonds. The molecule has 0 bridgehead atoms. The first-order valence-electron chi connectivity index (χ1n) is 7.74. The quantitative estimate of drug-likeness (QED) is 0.884. The highest BCUT2D eigenvalue weighted by Crippen LogP contribution is 2.05. The van der Waals surface area contributed by atoms with Crippen molar-refractivity contribution in [1.29, 1.82) is 0 Å². The van der Waals surface area contributed by atoms with Gasteiger partial charge in [-0.2, -0.15) is 0 Å². The molecule has 0 spiro atoms. The van der Waals surface area contributed by atoms with Crippen molar-refractivity contribution in [3.8, 4) is 0 Å². The Bertz CT molecular complexity index is 615. The molecule has 1 saturated heterocycles. The van der Waals surface area contributed by atoms with E-state index in [1.54, 1.807) is 16.7 Å². The topological polar surface area (TPSA) is 79.0 Å². The molecule has 8 heteroatoms. The maximum Gasteiger partial charge on any atom is 0.409 e. The number of ether oxygens (including phenoxy) is 1. The lowest BCUT2D eigenvalue weighted by Gasteiger charge is -2.34. The van der Waals surface area contributed by atoms with Gasteiger partial charge in [0, 0.05) is 31.7 Å². The van der Waals surface area contributed by atoms with Crippen LogP contribution in [-0.4, -0.2) is 67.0 Å². The first kappa shape index (κ1) is 17.7. The summed E-state index contributed by atoms with van der Waals surface area (Å²) in [7, 11) is 0. The first-order chi connectivity index (χ1) is 11.5. The summed E-state index contributed by atoms with van der Waals surface area (Å²) in [5.74, 6) is -1.26. The van der Waals surface area contributed by atoms with E-state index in [0.717, 1.165) is 6.07 Å². The van der Waals surface area contributed by atoms with Gasteiger partial charge in [0.25, 0.3) is 5.91 Å². The van der Waals surface area contributed by atoms with Gasteiger partial charge in [0.2, 0.25) is 5.91 Å². The second-order valence-corrected chi connectivity index (χ2v) is 5.26. The number of carbonyl (C=O) groups is 3. The average molecular weight is 337 g/mol. The molecular formula is C16H20FN3O4. The third kappa shape index (κ3) is 4.68. The van der Waals surface area contributed by atoms with Crippen LogP contribution in [-0.2, 0) is 9.53 Å². The molecule has 0 aromatic heterocycles. The van der Waals surface area contributed by atoms with E-state index in [0.29, 0.717) is 32.8 Å². The van der Waals surface area contributed by atoms with Gasteiger partial charge < -0.3 is 19.9 Å². The van der Waals surface area contributed by atoms with Crippen molar-refractivity contribution in [3.63, 3.8) is 0 Å². The molecule has 1 N–H and O–H groups in total. The number of amides is 3.